The van der Waals surface area contributed by atoms with Crippen molar-refractivity contribution in [3.05, 3.63) is 41.5 Å². The molecule has 6 nitrogen and oxygen atoms in total. The Morgan fingerprint density at radius 3 is 2.47 bits per heavy atom. The van der Waals surface area contributed by atoms with Gasteiger partial charge in [-0.15, -0.1) is 0 Å². The third-order valence-corrected chi connectivity index (χ3v) is 6.65. The number of hydrogen-bond acceptors (Lipinski definition) is 6. The van der Waals surface area contributed by atoms with Gasteiger partial charge in [0.1, 0.15) is 17.5 Å². The second kappa shape index (κ2) is 9.29. The van der Waals surface area contributed by atoms with Crippen LogP contribution in [0.1, 0.15) is 56.6 Å². The Bertz CT molecular complexity index is 1090. The molecule has 1 aromatic heterocycles. The van der Waals surface area contributed by atoms with Crippen molar-refractivity contribution >= 4 is 5.82 Å². The van der Waals surface area contributed by atoms with Crippen molar-refractivity contribution in [2.45, 2.75) is 57.9 Å². The van der Waals surface area contributed by atoms with E-state index in [0.29, 0.717) is 18.1 Å². The van der Waals surface area contributed by atoms with Gasteiger partial charge in [0.05, 0.1) is 24.8 Å². The number of benzene rings is 1. The molecule has 0 N–H and O–H groups in total. The minimum absolute atomic E-state index is 0.221. The summed E-state index contributed by atoms with van der Waals surface area (Å²) in [4.78, 5) is 7.02. The number of nitrogens with zero attached hydrogens (tertiary/aromatic N) is 5. The Balaban J connectivity index is 2.03. The van der Waals surface area contributed by atoms with Gasteiger partial charge in [0.2, 0.25) is 5.88 Å². The maximum absolute atomic E-state index is 10.3. The molecule has 32 heavy (non-hydrogen) atoms. The van der Waals surface area contributed by atoms with Crippen molar-refractivity contribution in [2.24, 2.45) is 5.41 Å². The Labute approximate surface area is 189 Å². The van der Waals surface area contributed by atoms with E-state index in [1.165, 1.54) is 6.42 Å². The number of ether oxygens (including phenoxy) is 1. The van der Waals surface area contributed by atoms with Gasteiger partial charge in [0.15, 0.2) is 5.41 Å². The fourth-order valence-corrected chi connectivity index (χ4v) is 5.14. The second-order valence-electron chi connectivity index (χ2n) is 8.52. The van der Waals surface area contributed by atoms with E-state index in [1.54, 1.807) is 0 Å². The van der Waals surface area contributed by atoms with Crippen molar-refractivity contribution < 1.29 is 4.74 Å². The van der Waals surface area contributed by atoms with Gasteiger partial charge in [0.25, 0.3) is 0 Å². The second-order valence-corrected chi connectivity index (χ2v) is 8.52. The van der Waals surface area contributed by atoms with E-state index >= 15 is 0 Å². The van der Waals surface area contributed by atoms with Gasteiger partial charge in [-0.2, -0.15) is 20.8 Å². The molecule has 162 valence electrons. The Kier molecular flexibility index (Phi) is 6.29. The summed E-state index contributed by atoms with van der Waals surface area (Å²) in [5.41, 5.74) is 1.59. The topological polar surface area (TPSA) is 96.7 Å². The number of nitriles is 3. The Morgan fingerprint density at radius 2 is 1.78 bits per heavy atom. The summed E-state index contributed by atoms with van der Waals surface area (Å²) in [5.74, 6) is 1.09. The molecular formula is C26H27N5O. The molecule has 0 saturated carbocycles. The molecule has 4 rings (SSSR count). The standard InChI is InChI=1S/C26H27N5O/c1-2-32-25-21(16-27)23(19-11-7-6-8-12-19)20-15-26(17-28,18-29)22-13-9-4-3-5-10-14-31(22)24(20)30-25/h6-8,11-12,22H,2-5,9-10,13-15H2,1H3. The lowest BCUT2D eigenvalue weighted by Crippen LogP contribution is -2.52. The summed E-state index contributed by atoms with van der Waals surface area (Å²) < 4.78 is 5.83. The monoisotopic (exact) mass is 425 g/mol. The molecule has 1 atom stereocenters. The summed E-state index contributed by atoms with van der Waals surface area (Å²) in [7, 11) is 0. The van der Waals surface area contributed by atoms with Crippen LogP contribution in [0.5, 0.6) is 5.88 Å². The normalized spacial score (nSPS) is 19.6. The largest absolute Gasteiger partial charge is 0.477 e. The van der Waals surface area contributed by atoms with Crippen LogP contribution in [0.3, 0.4) is 0 Å². The highest BCUT2D eigenvalue weighted by atomic mass is 16.5. The molecule has 0 bridgehead atoms. The van der Waals surface area contributed by atoms with Gasteiger partial charge in [-0.05, 0) is 25.3 Å². The minimum Gasteiger partial charge on any atom is -0.477 e. The first-order valence-electron chi connectivity index (χ1n) is 11.4. The van der Waals surface area contributed by atoms with Crippen LogP contribution in [-0.2, 0) is 6.42 Å². The minimum atomic E-state index is -1.18. The summed E-state index contributed by atoms with van der Waals surface area (Å²) >= 11 is 0. The quantitative estimate of drug-likeness (QED) is 0.676. The molecule has 1 unspecified atom stereocenters. The van der Waals surface area contributed by atoms with Crippen molar-refractivity contribution in [1.29, 1.82) is 15.8 Å². The van der Waals surface area contributed by atoms with Gasteiger partial charge in [-0.1, -0.05) is 56.0 Å². The first kappa shape index (κ1) is 21.7. The highest BCUT2D eigenvalue weighted by Gasteiger charge is 2.49. The lowest BCUT2D eigenvalue weighted by atomic mass is 9.70. The van der Waals surface area contributed by atoms with E-state index in [1.807, 2.05) is 37.3 Å². The van der Waals surface area contributed by atoms with E-state index in [-0.39, 0.29) is 12.5 Å². The highest BCUT2D eigenvalue weighted by molar-refractivity contribution is 5.81. The lowest BCUT2D eigenvalue weighted by molar-refractivity contribution is 0.315. The molecule has 1 saturated heterocycles. The van der Waals surface area contributed by atoms with Crippen molar-refractivity contribution in [1.82, 2.24) is 4.98 Å². The fourth-order valence-electron chi connectivity index (χ4n) is 5.14. The van der Waals surface area contributed by atoms with Crippen LogP contribution < -0.4 is 9.64 Å². The molecule has 2 aliphatic heterocycles. The van der Waals surface area contributed by atoms with E-state index in [2.05, 4.69) is 23.1 Å². The predicted molar refractivity (Wildman–Crippen MR) is 122 cm³/mol. The average molecular weight is 426 g/mol. The molecule has 0 radical (unpaired) electrons. The van der Waals surface area contributed by atoms with Crippen LogP contribution in [0.2, 0.25) is 0 Å². The molecule has 1 fully saturated rings. The van der Waals surface area contributed by atoms with Crippen molar-refractivity contribution in [3.63, 3.8) is 0 Å². The van der Waals surface area contributed by atoms with Crippen LogP contribution >= 0.6 is 0 Å². The van der Waals surface area contributed by atoms with Crippen LogP contribution in [0.25, 0.3) is 11.1 Å². The molecule has 6 heteroatoms. The summed E-state index contributed by atoms with van der Waals surface area (Å²) in [6.45, 7) is 3.02. The van der Waals surface area contributed by atoms with Crippen molar-refractivity contribution in [3.8, 4) is 35.2 Å². The molecule has 0 aliphatic carbocycles. The maximum atomic E-state index is 10.3. The molecule has 2 aliphatic rings. The lowest BCUT2D eigenvalue weighted by Gasteiger charge is -2.45. The fraction of sp³-hybridized carbons (Fsp3) is 0.462. The van der Waals surface area contributed by atoms with Gasteiger partial charge in [-0.3, -0.25) is 0 Å². The number of anilines is 1. The third-order valence-electron chi connectivity index (χ3n) is 6.65. The first-order chi connectivity index (χ1) is 15.7. The van der Waals surface area contributed by atoms with E-state index in [4.69, 9.17) is 9.72 Å². The third kappa shape index (κ3) is 3.65. The van der Waals surface area contributed by atoms with Gasteiger partial charge >= 0.3 is 0 Å². The Hall–Kier alpha value is -3.56. The molecular weight excluding hydrogens is 398 g/mol. The zero-order chi connectivity index (χ0) is 22.6. The van der Waals surface area contributed by atoms with Crippen molar-refractivity contribution in [2.75, 3.05) is 18.1 Å². The average Bonchev–Trinajstić information content (AvgIpc) is 2.96. The Morgan fingerprint density at radius 1 is 1.06 bits per heavy atom. The number of pyridine rings is 1. The zero-order valence-electron chi connectivity index (χ0n) is 18.5. The van der Waals surface area contributed by atoms with Gasteiger partial charge in [0, 0.05) is 24.1 Å². The van der Waals surface area contributed by atoms with Gasteiger partial charge < -0.3 is 9.64 Å². The number of aromatic nitrogens is 1. The van der Waals surface area contributed by atoms with Crippen LogP contribution in [0.15, 0.2) is 30.3 Å². The van der Waals surface area contributed by atoms with Crippen LogP contribution in [-0.4, -0.2) is 24.2 Å². The number of fused-ring (bicyclic) bond motifs is 3. The summed E-state index contributed by atoms with van der Waals surface area (Å²) in [6.07, 6.45) is 6.41. The molecule has 2 aromatic rings. The van der Waals surface area contributed by atoms with Gasteiger partial charge in [-0.25, -0.2) is 0 Å². The van der Waals surface area contributed by atoms with E-state index < -0.39 is 5.41 Å². The SMILES string of the molecule is CCOc1nc2c(c(-c3ccccc3)c1C#N)CC(C#N)(C#N)C1CCCCCCCN21. The molecule has 0 amide bonds. The van der Waals surface area contributed by atoms with E-state index in [0.717, 1.165) is 61.2 Å². The maximum Gasteiger partial charge on any atom is 0.234 e. The number of rotatable bonds is 3. The first-order valence-corrected chi connectivity index (χ1v) is 11.4. The molecule has 1 aromatic carbocycles. The predicted octanol–water partition coefficient (Wildman–Crippen LogP) is 5.14. The molecule has 3 heterocycles. The summed E-state index contributed by atoms with van der Waals surface area (Å²) in [6, 6.07) is 16.5. The smallest absolute Gasteiger partial charge is 0.234 e. The van der Waals surface area contributed by atoms with E-state index in [9.17, 15) is 15.8 Å². The zero-order valence-corrected chi connectivity index (χ0v) is 18.5. The summed E-state index contributed by atoms with van der Waals surface area (Å²) in [5, 5.41) is 30.6. The number of hydrogen-bond donors (Lipinski definition) is 0. The van der Waals surface area contributed by atoms with Crippen LogP contribution in [0.4, 0.5) is 5.82 Å². The highest BCUT2D eigenvalue weighted by Crippen LogP contribution is 2.48. The molecule has 0 spiro atoms. The van der Waals surface area contributed by atoms with Crippen LogP contribution in [0, 0.1) is 39.4 Å².